The minimum atomic E-state index is -4.50. The highest BCUT2D eigenvalue weighted by molar-refractivity contribution is 6.22. The van der Waals surface area contributed by atoms with Crippen molar-refractivity contribution >= 4 is 23.5 Å². The molecule has 1 fully saturated rings. The summed E-state index contributed by atoms with van der Waals surface area (Å²) < 4.78 is 43.0. The lowest BCUT2D eigenvalue weighted by Crippen LogP contribution is -2.32. The third kappa shape index (κ3) is 4.06. The van der Waals surface area contributed by atoms with Crippen molar-refractivity contribution < 1.29 is 32.3 Å². The van der Waals surface area contributed by atoms with Gasteiger partial charge in [0.15, 0.2) is 0 Å². The largest absolute Gasteiger partial charge is 0.423 e. The van der Waals surface area contributed by atoms with Crippen LogP contribution >= 0.6 is 0 Å². The zero-order chi connectivity index (χ0) is 22.1. The van der Waals surface area contributed by atoms with E-state index in [1.165, 1.54) is 24.3 Å². The van der Waals surface area contributed by atoms with Crippen LogP contribution in [0.5, 0.6) is 5.75 Å². The summed E-state index contributed by atoms with van der Waals surface area (Å²) in [5, 5.41) is 0. The number of hydrogen-bond donors (Lipinski definition) is 1. The van der Waals surface area contributed by atoms with Gasteiger partial charge in [-0.05, 0) is 55.0 Å². The average Bonchev–Trinajstić information content (AvgIpc) is 2.96. The molecule has 0 saturated carbocycles. The lowest BCUT2D eigenvalue weighted by Gasteiger charge is -2.15. The van der Waals surface area contributed by atoms with Crippen LogP contribution in [0.15, 0.2) is 48.5 Å². The molecular weight excluding hydrogens is 401 g/mol. The molecule has 2 aromatic rings. The smallest absolute Gasteiger partial charge is 0.416 e. The van der Waals surface area contributed by atoms with Gasteiger partial charge in [0.05, 0.1) is 28.7 Å². The second-order valence-electron chi connectivity index (χ2n) is 6.83. The van der Waals surface area contributed by atoms with Crippen LogP contribution in [0.4, 0.5) is 18.9 Å². The molecular formula is C21H19F3N2O4. The predicted octanol–water partition coefficient (Wildman–Crippen LogP) is 3.40. The van der Waals surface area contributed by atoms with Gasteiger partial charge in [-0.25, -0.2) is 4.79 Å². The van der Waals surface area contributed by atoms with Crippen molar-refractivity contribution in [2.75, 3.05) is 11.4 Å². The summed E-state index contributed by atoms with van der Waals surface area (Å²) in [6, 6.07) is 9.35. The van der Waals surface area contributed by atoms with Crippen LogP contribution in [0.2, 0.25) is 0 Å². The number of halogens is 3. The second kappa shape index (κ2) is 8.27. The van der Waals surface area contributed by atoms with Gasteiger partial charge in [-0.3, -0.25) is 14.5 Å². The molecule has 0 aliphatic carbocycles. The lowest BCUT2D eigenvalue weighted by molar-refractivity contribution is -0.137. The third-order valence-electron chi connectivity index (χ3n) is 5.01. The number of esters is 1. The molecule has 6 nitrogen and oxygen atoms in total. The number of imide groups is 1. The normalized spacial score (nSPS) is 19.3. The number of hydrogen-bond acceptors (Lipinski definition) is 5. The molecule has 0 radical (unpaired) electrons. The molecule has 2 N–H and O–H groups in total. The van der Waals surface area contributed by atoms with Crippen LogP contribution in [-0.4, -0.2) is 24.3 Å². The molecule has 9 heteroatoms. The minimum Gasteiger partial charge on any atom is -0.423 e. The van der Waals surface area contributed by atoms with Gasteiger partial charge in [-0.2, -0.15) is 13.2 Å². The quantitative estimate of drug-likeness (QED) is 0.455. The van der Waals surface area contributed by atoms with E-state index in [1.807, 2.05) is 6.92 Å². The lowest BCUT2D eigenvalue weighted by atomic mass is 9.93. The van der Waals surface area contributed by atoms with E-state index in [9.17, 15) is 27.6 Å². The SMILES string of the molecule is CCC1C(=O)N(c2ccc(OC(=O)c3ccc(C(F)(F)F)cc3)cc2)C(=O)C1CN. The van der Waals surface area contributed by atoms with E-state index >= 15 is 0 Å². The number of amides is 2. The number of rotatable bonds is 5. The molecule has 0 bridgehead atoms. The Labute approximate surface area is 170 Å². The molecule has 2 unspecified atom stereocenters. The Morgan fingerprint density at radius 3 is 2.03 bits per heavy atom. The van der Waals surface area contributed by atoms with Crippen LogP contribution in [0.25, 0.3) is 0 Å². The van der Waals surface area contributed by atoms with Crippen LogP contribution in [-0.2, 0) is 15.8 Å². The van der Waals surface area contributed by atoms with Crippen molar-refractivity contribution in [3.05, 3.63) is 59.7 Å². The van der Waals surface area contributed by atoms with E-state index in [0.717, 1.165) is 29.2 Å². The summed E-state index contributed by atoms with van der Waals surface area (Å²) in [6.45, 7) is 1.88. The topological polar surface area (TPSA) is 89.7 Å². The number of anilines is 1. The molecule has 2 amide bonds. The van der Waals surface area contributed by atoms with Crippen LogP contribution in [0.1, 0.15) is 29.3 Å². The van der Waals surface area contributed by atoms with Gasteiger partial charge in [0.25, 0.3) is 0 Å². The highest BCUT2D eigenvalue weighted by atomic mass is 19.4. The van der Waals surface area contributed by atoms with Gasteiger partial charge in [0.1, 0.15) is 5.75 Å². The maximum atomic E-state index is 12.6. The first-order valence-electron chi connectivity index (χ1n) is 9.24. The summed E-state index contributed by atoms with van der Waals surface area (Å²) in [6.07, 6.45) is -4.01. The Kier molecular flexibility index (Phi) is 5.93. The number of carbonyl (C=O) groups is 3. The number of carbonyl (C=O) groups excluding carboxylic acids is 3. The fraction of sp³-hybridized carbons (Fsp3) is 0.286. The second-order valence-corrected chi connectivity index (χ2v) is 6.83. The molecule has 158 valence electrons. The summed E-state index contributed by atoms with van der Waals surface area (Å²) in [7, 11) is 0. The monoisotopic (exact) mass is 420 g/mol. The van der Waals surface area contributed by atoms with Crippen molar-refractivity contribution in [2.45, 2.75) is 19.5 Å². The fourth-order valence-corrected chi connectivity index (χ4v) is 3.39. The van der Waals surface area contributed by atoms with Gasteiger partial charge >= 0.3 is 12.1 Å². The maximum absolute atomic E-state index is 12.6. The molecule has 0 spiro atoms. The van der Waals surface area contributed by atoms with E-state index in [-0.39, 0.29) is 29.7 Å². The highest BCUT2D eigenvalue weighted by Crippen LogP contribution is 2.33. The van der Waals surface area contributed by atoms with Crippen molar-refractivity contribution in [1.29, 1.82) is 0 Å². The van der Waals surface area contributed by atoms with Crippen molar-refractivity contribution in [3.63, 3.8) is 0 Å². The summed E-state index contributed by atoms with van der Waals surface area (Å²) >= 11 is 0. The van der Waals surface area contributed by atoms with Crippen LogP contribution in [0.3, 0.4) is 0 Å². The number of benzene rings is 2. The van der Waals surface area contributed by atoms with Crippen molar-refractivity contribution in [1.82, 2.24) is 0 Å². The molecule has 2 atom stereocenters. The molecule has 0 aromatic heterocycles. The molecule has 1 aliphatic heterocycles. The van der Waals surface area contributed by atoms with Crippen molar-refractivity contribution in [3.8, 4) is 5.75 Å². The van der Waals surface area contributed by atoms with Crippen LogP contribution < -0.4 is 15.4 Å². The number of ether oxygens (including phenoxy) is 1. The van der Waals surface area contributed by atoms with E-state index < -0.39 is 29.5 Å². The van der Waals surface area contributed by atoms with Gasteiger partial charge in [0.2, 0.25) is 11.8 Å². The summed E-state index contributed by atoms with van der Waals surface area (Å²) in [4.78, 5) is 38.3. The highest BCUT2D eigenvalue weighted by Gasteiger charge is 2.46. The maximum Gasteiger partial charge on any atom is 0.416 e. The standard InChI is InChI=1S/C21H19F3N2O4/c1-2-16-17(11-25)19(28)26(18(16)27)14-7-9-15(10-8-14)30-20(29)12-3-5-13(6-4-12)21(22,23)24/h3-10,16-17H,2,11,25H2,1H3. The van der Waals surface area contributed by atoms with E-state index in [4.69, 9.17) is 10.5 Å². The zero-order valence-corrected chi connectivity index (χ0v) is 16.0. The fourth-order valence-electron chi connectivity index (χ4n) is 3.39. The Bertz CT molecular complexity index is 934. The van der Waals surface area contributed by atoms with Crippen LogP contribution in [0, 0.1) is 11.8 Å². The number of alkyl halides is 3. The molecule has 2 aromatic carbocycles. The van der Waals surface area contributed by atoms with Gasteiger partial charge in [-0.1, -0.05) is 6.92 Å². The van der Waals surface area contributed by atoms with Gasteiger partial charge in [0, 0.05) is 6.54 Å². The Hall–Kier alpha value is -3.20. The van der Waals surface area contributed by atoms with E-state index in [2.05, 4.69) is 0 Å². The Morgan fingerprint density at radius 2 is 1.57 bits per heavy atom. The number of nitrogens with two attached hydrogens (primary N) is 1. The molecule has 3 rings (SSSR count). The van der Waals surface area contributed by atoms with E-state index in [1.54, 1.807) is 0 Å². The predicted molar refractivity (Wildman–Crippen MR) is 102 cm³/mol. The first-order valence-corrected chi connectivity index (χ1v) is 9.24. The molecule has 1 aliphatic rings. The summed E-state index contributed by atoms with van der Waals surface area (Å²) in [5.74, 6) is -2.46. The third-order valence-corrected chi connectivity index (χ3v) is 5.01. The minimum absolute atomic E-state index is 0.0476. The van der Waals surface area contributed by atoms with E-state index in [0.29, 0.717) is 12.1 Å². The zero-order valence-electron chi connectivity index (χ0n) is 16.0. The molecule has 1 saturated heterocycles. The Balaban J connectivity index is 1.72. The van der Waals surface area contributed by atoms with Gasteiger partial charge in [-0.15, -0.1) is 0 Å². The first-order chi connectivity index (χ1) is 14.2. The Morgan fingerprint density at radius 1 is 1.00 bits per heavy atom. The first kappa shape index (κ1) is 21.5. The number of nitrogens with zero attached hydrogens (tertiary/aromatic N) is 1. The molecule has 30 heavy (non-hydrogen) atoms. The summed E-state index contributed by atoms with van der Waals surface area (Å²) in [5.41, 5.74) is 5.05. The molecule has 1 heterocycles. The average molecular weight is 420 g/mol. The van der Waals surface area contributed by atoms with Gasteiger partial charge < -0.3 is 10.5 Å². The van der Waals surface area contributed by atoms with Crippen molar-refractivity contribution in [2.24, 2.45) is 17.6 Å².